The van der Waals surface area contributed by atoms with Crippen LogP contribution in [0.4, 0.5) is 0 Å². The van der Waals surface area contributed by atoms with E-state index in [1.165, 1.54) is 29.8 Å². The first-order valence-corrected chi connectivity index (χ1v) is 6.42. The highest BCUT2D eigenvalue weighted by Gasteiger charge is 2.03. The molecule has 0 spiro atoms. The Bertz CT molecular complexity index is 407. The molecule has 0 fully saturated rings. The number of hydrogen-bond donors (Lipinski definition) is 2. The molecule has 2 N–H and O–H groups in total. The molecule has 92 valence electrons. The summed E-state index contributed by atoms with van der Waals surface area (Å²) in [7, 11) is 0. The summed E-state index contributed by atoms with van der Waals surface area (Å²) < 4.78 is 0. The molecule has 0 aliphatic rings. The molecule has 1 rings (SSSR count). The van der Waals surface area contributed by atoms with Gasteiger partial charge in [-0.15, -0.1) is 11.8 Å². The molecule has 0 saturated heterocycles. The predicted octanol–water partition coefficient (Wildman–Crippen LogP) is 1.40. The number of rotatable bonds is 4. The second kappa shape index (κ2) is 6.96. The van der Waals surface area contributed by atoms with Crippen molar-refractivity contribution in [1.29, 1.82) is 0 Å². The fourth-order valence-electron chi connectivity index (χ4n) is 1.22. The lowest BCUT2D eigenvalue weighted by Gasteiger charge is -2.06. The third-order valence-corrected chi connectivity index (χ3v) is 3.11. The number of aryl methyl sites for hydroxylation is 1. The van der Waals surface area contributed by atoms with Crippen molar-refractivity contribution < 1.29 is 9.59 Å². The second-order valence-corrected chi connectivity index (χ2v) is 4.63. The lowest BCUT2D eigenvalue weighted by Crippen LogP contribution is -2.41. The minimum absolute atomic E-state index is 0.196. The molecule has 0 aliphatic carbocycles. The van der Waals surface area contributed by atoms with E-state index in [-0.39, 0.29) is 11.8 Å². The SMILES string of the molecule is CC(=O)NNC(=O)CSCc1ccccc1C. The standard InChI is InChI=1S/C12H16N2O2S/c1-9-5-3-4-6-11(9)7-17-8-12(16)14-13-10(2)15/h3-6H,7-8H2,1-2H3,(H,13,15)(H,14,16). The van der Waals surface area contributed by atoms with E-state index >= 15 is 0 Å². The summed E-state index contributed by atoms with van der Waals surface area (Å²) in [6.07, 6.45) is 0. The van der Waals surface area contributed by atoms with Gasteiger partial charge in [0.15, 0.2) is 0 Å². The van der Waals surface area contributed by atoms with E-state index < -0.39 is 0 Å². The number of carbonyl (C=O) groups excluding carboxylic acids is 2. The Morgan fingerprint density at radius 1 is 1.24 bits per heavy atom. The molecule has 5 heteroatoms. The normalized spacial score (nSPS) is 9.76. The molecule has 1 aromatic carbocycles. The van der Waals surface area contributed by atoms with Gasteiger partial charge in [0.1, 0.15) is 0 Å². The van der Waals surface area contributed by atoms with Crippen molar-refractivity contribution in [3.05, 3.63) is 35.4 Å². The highest BCUT2D eigenvalue weighted by Crippen LogP contribution is 2.15. The van der Waals surface area contributed by atoms with Crippen LogP contribution >= 0.6 is 11.8 Å². The van der Waals surface area contributed by atoms with Gasteiger partial charge in [-0.2, -0.15) is 0 Å². The molecular weight excluding hydrogens is 236 g/mol. The molecule has 4 nitrogen and oxygen atoms in total. The topological polar surface area (TPSA) is 58.2 Å². The van der Waals surface area contributed by atoms with Crippen LogP contribution < -0.4 is 10.9 Å². The molecule has 0 unspecified atom stereocenters. The third kappa shape index (κ3) is 5.40. The highest BCUT2D eigenvalue weighted by atomic mass is 32.2. The number of hydrogen-bond acceptors (Lipinski definition) is 3. The Kier molecular flexibility index (Phi) is 5.56. The van der Waals surface area contributed by atoms with Gasteiger partial charge >= 0.3 is 0 Å². The van der Waals surface area contributed by atoms with E-state index in [2.05, 4.69) is 10.9 Å². The molecule has 17 heavy (non-hydrogen) atoms. The van der Waals surface area contributed by atoms with E-state index in [0.29, 0.717) is 5.75 Å². The molecule has 0 aliphatic heterocycles. The van der Waals surface area contributed by atoms with Crippen molar-refractivity contribution in [1.82, 2.24) is 10.9 Å². The van der Waals surface area contributed by atoms with Crippen LogP contribution in [0.25, 0.3) is 0 Å². The van der Waals surface area contributed by atoms with E-state index in [0.717, 1.165) is 5.75 Å². The molecule has 0 bridgehead atoms. The largest absolute Gasteiger partial charge is 0.274 e. The summed E-state index contributed by atoms with van der Waals surface area (Å²) in [5, 5.41) is 0. The summed E-state index contributed by atoms with van der Waals surface area (Å²) in [5.74, 6) is 0.649. The van der Waals surface area contributed by atoms with Gasteiger partial charge in [0.25, 0.3) is 0 Å². The molecule has 1 aromatic rings. The summed E-state index contributed by atoms with van der Waals surface area (Å²) in [5.41, 5.74) is 7.03. The van der Waals surface area contributed by atoms with Gasteiger partial charge in [-0.1, -0.05) is 24.3 Å². The number of thioether (sulfide) groups is 1. The van der Waals surface area contributed by atoms with Crippen LogP contribution in [0.5, 0.6) is 0 Å². The van der Waals surface area contributed by atoms with Gasteiger partial charge in [0, 0.05) is 12.7 Å². The highest BCUT2D eigenvalue weighted by molar-refractivity contribution is 7.99. The number of nitrogens with one attached hydrogen (secondary N) is 2. The monoisotopic (exact) mass is 252 g/mol. The van der Waals surface area contributed by atoms with E-state index in [4.69, 9.17) is 0 Å². The van der Waals surface area contributed by atoms with E-state index in [1.54, 1.807) is 0 Å². The zero-order valence-electron chi connectivity index (χ0n) is 9.95. The van der Waals surface area contributed by atoms with Crippen LogP contribution in [-0.4, -0.2) is 17.6 Å². The van der Waals surface area contributed by atoms with Crippen LogP contribution in [0.2, 0.25) is 0 Å². The first-order chi connectivity index (χ1) is 8.09. The Balaban J connectivity index is 2.26. The maximum absolute atomic E-state index is 11.3. The average Bonchev–Trinajstić information content (AvgIpc) is 2.29. The van der Waals surface area contributed by atoms with Gasteiger partial charge < -0.3 is 0 Å². The van der Waals surface area contributed by atoms with Crippen molar-refractivity contribution in [2.45, 2.75) is 19.6 Å². The molecular formula is C12H16N2O2S. The lowest BCUT2D eigenvalue weighted by molar-refractivity contribution is -0.126. The Hall–Kier alpha value is -1.49. The summed E-state index contributed by atoms with van der Waals surface area (Å²) in [6.45, 7) is 3.40. The van der Waals surface area contributed by atoms with Gasteiger partial charge in [-0.05, 0) is 18.1 Å². The number of carbonyl (C=O) groups is 2. The smallest absolute Gasteiger partial charge is 0.248 e. The van der Waals surface area contributed by atoms with Gasteiger partial charge in [-0.3, -0.25) is 20.4 Å². The molecule has 0 heterocycles. The summed E-state index contributed by atoms with van der Waals surface area (Å²) in [6, 6.07) is 8.08. The Morgan fingerprint density at radius 2 is 1.94 bits per heavy atom. The quantitative estimate of drug-likeness (QED) is 0.796. The fraction of sp³-hybridized carbons (Fsp3) is 0.333. The number of hydrazine groups is 1. The fourth-order valence-corrected chi connectivity index (χ4v) is 2.12. The van der Waals surface area contributed by atoms with Crippen molar-refractivity contribution in [2.24, 2.45) is 0 Å². The molecule has 2 amide bonds. The minimum atomic E-state index is -0.276. The molecule has 0 aromatic heterocycles. The van der Waals surface area contributed by atoms with Crippen LogP contribution in [0.3, 0.4) is 0 Å². The lowest BCUT2D eigenvalue weighted by atomic mass is 10.1. The van der Waals surface area contributed by atoms with E-state index in [9.17, 15) is 9.59 Å². The molecule has 0 saturated carbocycles. The zero-order chi connectivity index (χ0) is 12.7. The zero-order valence-corrected chi connectivity index (χ0v) is 10.8. The average molecular weight is 252 g/mol. The van der Waals surface area contributed by atoms with Gasteiger partial charge in [-0.25, -0.2) is 0 Å². The predicted molar refractivity (Wildman–Crippen MR) is 69.3 cm³/mol. The van der Waals surface area contributed by atoms with Crippen LogP contribution in [0, 0.1) is 6.92 Å². The Labute approximate surface area is 105 Å². The van der Waals surface area contributed by atoms with Crippen molar-refractivity contribution >= 4 is 23.6 Å². The van der Waals surface area contributed by atoms with Crippen LogP contribution in [-0.2, 0) is 15.3 Å². The maximum atomic E-state index is 11.3. The number of benzene rings is 1. The van der Waals surface area contributed by atoms with E-state index in [1.807, 2.05) is 31.2 Å². The molecule has 0 atom stereocenters. The summed E-state index contributed by atoms with van der Waals surface area (Å²) in [4.78, 5) is 21.8. The van der Waals surface area contributed by atoms with Gasteiger partial charge in [0.2, 0.25) is 11.8 Å². The second-order valence-electron chi connectivity index (χ2n) is 3.65. The third-order valence-electron chi connectivity index (χ3n) is 2.13. The van der Waals surface area contributed by atoms with Crippen LogP contribution in [0.1, 0.15) is 18.1 Å². The number of amides is 2. The van der Waals surface area contributed by atoms with Gasteiger partial charge in [0.05, 0.1) is 5.75 Å². The Morgan fingerprint density at radius 3 is 2.59 bits per heavy atom. The summed E-state index contributed by atoms with van der Waals surface area (Å²) >= 11 is 1.52. The van der Waals surface area contributed by atoms with Crippen molar-refractivity contribution in [2.75, 3.05) is 5.75 Å². The van der Waals surface area contributed by atoms with Crippen molar-refractivity contribution in [3.63, 3.8) is 0 Å². The first kappa shape index (κ1) is 13.6. The van der Waals surface area contributed by atoms with Crippen LogP contribution in [0.15, 0.2) is 24.3 Å². The molecule has 0 radical (unpaired) electrons. The minimum Gasteiger partial charge on any atom is -0.274 e. The first-order valence-electron chi connectivity index (χ1n) is 5.27. The maximum Gasteiger partial charge on any atom is 0.248 e. The van der Waals surface area contributed by atoms with Crippen molar-refractivity contribution in [3.8, 4) is 0 Å².